The second-order valence-electron chi connectivity index (χ2n) is 3.86. The Labute approximate surface area is 85.8 Å². The van der Waals surface area contributed by atoms with Gasteiger partial charge in [0.15, 0.2) is 0 Å². The number of rotatable bonds is 2. The van der Waals surface area contributed by atoms with E-state index in [1.807, 2.05) is 0 Å². The summed E-state index contributed by atoms with van der Waals surface area (Å²) < 4.78 is 0. The predicted molar refractivity (Wildman–Crippen MR) is 61.1 cm³/mol. The van der Waals surface area contributed by atoms with Crippen molar-refractivity contribution in [3.05, 3.63) is 42.0 Å². The lowest BCUT2D eigenvalue weighted by atomic mass is 9.97. The average molecular weight is 187 g/mol. The first-order chi connectivity index (χ1) is 6.95. The molecule has 1 N–H and O–H groups in total. The molecule has 1 aliphatic rings. The Morgan fingerprint density at radius 1 is 1.07 bits per heavy atom. The van der Waals surface area contributed by atoms with Crippen molar-refractivity contribution in [2.45, 2.75) is 12.8 Å². The summed E-state index contributed by atoms with van der Waals surface area (Å²) in [7, 11) is 0. The Morgan fingerprint density at radius 3 is 2.50 bits per heavy atom. The lowest BCUT2D eigenvalue weighted by molar-refractivity contribution is 0.438. The quantitative estimate of drug-likeness (QED) is 0.750. The maximum absolute atomic E-state index is 3.38. The normalized spacial score (nSPS) is 18.9. The number of hydrogen-bond acceptors (Lipinski definition) is 1. The van der Waals surface area contributed by atoms with Crippen molar-refractivity contribution in [1.82, 2.24) is 5.32 Å². The number of allylic oxidation sites excluding steroid dienone is 1. The molecule has 14 heavy (non-hydrogen) atoms. The predicted octanol–water partition coefficient (Wildman–Crippen LogP) is 2.70. The molecule has 0 aromatic heterocycles. The molecular weight excluding hydrogens is 170 g/mol. The number of piperidine rings is 1. The monoisotopic (exact) mass is 187 g/mol. The first kappa shape index (κ1) is 9.47. The molecule has 1 nitrogen and oxygen atoms in total. The van der Waals surface area contributed by atoms with Crippen LogP contribution < -0.4 is 5.32 Å². The van der Waals surface area contributed by atoms with E-state index in [0.717, 1.165) is 5.92 Å². The van der Waals surface area contributed by atoms with Gasteiger partial charge in [-0.25, -0.2) is 0 Å². The summed E-state index contributed by atoms with van der Waals surface area (Å²) in [5.74, 6) is 0.774. The first-order valence-corrected chi connectivity index (χ1v) is 5.39. The first-order valence-electron chi connectivity index (χ1n) is 5.39. The molecule has 0 bridgehead atoms. The molecule has 1 aromatic carbocycles. The molecule has 1 aliphatic heterocycles. The van der Waals surface area contributed by atoms with E-state index in [4.69, 9.17) is 0 Å². The Hall–Kier alpha value is -1.08. The number of benzene rings is 1. The van der Waals surface area contributed by atoms with Crippen molar-refractivity contribution in [3.63, 3.8) is 0 Å². The fourth-order valence-corrected chi connectivity index (χ4v) is 1.85. The smallest absolute Gasteiger partial charge is 0.00433 e. The summed E-state index contributed by atoms with van der Waals surface area (Å²) in [5, 5.41) is 3.38. The van der Waals surface area contributed by atoms with Crippen molar-refractivity contribution in [3.8, 4) is 0 Å². The van der Waals surface area contributed by atoms with Gasteiger partial charge in [-0.2, -0.15) is 0 Å². The van der Waals surface area contributed by atoms with Gasteiger partial charge in [-0.05, 0) is 37.4 Å². The molecule has 0 spiro atoms. The third kappa shape index (κ3) is 2.71. The van der Waals surface area contributed by atoms with Gasteiger partial charge in [0.2, 0.25) is 0 Å². The van der Waals surface area contributed by atoms with Crippen LogP contribution in [0.2, 0.25) is 0 Å². The topological polar surface area (TPSA) is 12.0 Å². The Kier molecular flexibility index (Phi) is 3.36. The lowest BCUT2D eigenvalue weighted by Gasteiger charge is -2.19. The zero-order valence-electron chi connectivity index (χ0n) is 8.45. The molecule has 0 atom stereocenters. The molecule has 1 aromatic rings. The maximum atomic E-state index is 3.38. The zero-order chi connectivity index (χ0) is 9.64. The highest BCUT2D eigenvalue weighted by Crippen LogP contribution is 2.14. The van der Waals surface area contributed by atoms with Crippen LogP contribution in [0, 0.1) is 5.92 Å². The van der Waals surface area contributed by atoms with Crippen LogP contribution in [0.4, 0.5) is 0 Å². The van der Waals surface area contributed by atoms with Crippen LogP contribution >= 0.6 is 0 Å². The van der Waals surface area contributed by atoms with Crippen molar-refractivity contribution in [1.29, 1.82) is 0 Å². The SMILES string of the molecule is C(=CC1CCNCC1)c1ccccc1. The minimum atomic E-state index is 0.774. The molecule has 1 saturated heterocycles. The van der Waals surface area contributed by atoms with Crippen LogP contribution in [0.3, 0.4) is 0 Å². The molecule has 74 valence electrons. The van der Waals surface area contributed by atoms with Crippen LogP contribution in [0.15, 0.2) is 36.4 Å². The number of hydrogen-bond donors (Lipinski definition) is 1. The molecule has 1 fully saturated rings. The minimum Gasteiger partial charge on any atom is -0.317 e. The van der Waals surface area contributed by atoms with Gasteiger partial charge in [0.25, 0.3) is 0 Å². The van der Waals surface area contributed by atoms with Crippen LogP contribution in [0.1, 0.15) is 18.4 Å². The fourth-order valence-electron chi connectivity index (χ4n) is 1.85. The van der Waals surface area contributed by atoms with E-state index in [2.05, 4.69) is 47.8 Å². The van der Waals surface area contributed by atoms with Crippen molar-refractivity contribution < 1.29 is 0 Å². The van der Waals surface area contributed by atoms with E-state index in [-0.39, 0.29) is 0 Å². The van der Waals surface area contributed by atoms with Gasteiger partial charge in [0, 0.05) is 0 Å². The number of nitrogens with one attached hydrogen (secondary N) is 1. The highest BCUT2D eigenvalue weighted by Gasteiger charge is 2.08. The summed E-state index contributed by atoms with van der Waals surface area (Å²) in [6.45, 7) is 2.34. The van der Waals surface area contributed by atoms with Crippen LogP contribution in [-0.4, -0.2) is 13.1 Å². The highest BCUT2D eigenvalue weighted by molar-refractivity contribution is 5.48. The fraction of sp³-hybridized carbons (Fsp3) is 0.385. The molecule has 0 saturated carbocycles. The molecular formula is C13H17N. The van der Waals surface area contributed by atoms with Crippen molar-refractivity contribution >= 4 is 6.08 Å². The van der Waals surface area contributed by atoms with Crippen molar-refractivity contribution in [2.24, 2.45) is 5.92 Å². The Morgan fingerprint density at radius 2 is 1.79 bits per heavy atom. The second kappa shape index (κ2) is 4.97. The zero-order valence-corrected chi connectivity index (χ0v) is 8.45. The third-order valence-corrected chi connectivity index (χ3v) is 2.74. The largest absolute Gasteiger partial charge is 0.317 e. The third-order valence-electron chi connectivity index (χ3n) is 2.74. The highest BCUT2D eigenvalue weighted by atomic mass is 14.9. The Bertz CT molecular complexity index is 283. The molecule has 0 aliphatic carbocycles. The van der Waals surface area contributed by atoms with Gasteiger partial charge in [-0.1, -0.05) is 42.5 Å². The van der Waals surface area contributed by atoms with E-state index in [9.17, 15) is 0 Å². The standard InChI is InChI=1S/C13H17N/c1-2-4-12(5-3-1)6-7-13-8-10-14-11-9-13/h1-7,13-14H,8-11H2. The Balaban J connectivity index is 1.93. The molecule has 0 unspecified atom stereocenters. The van der Waals surface area contributed by atoms with Crippen molar-refractivity contribution in [2.75, 3.05) is 13.1 Å². The van der Waals surface area contributed by atoms with Gasteiger partial charge in [-0.3, -0.25) is 0 Å². The van der Waals surface area contributed by atoms with E-state index in [1.54, 1.807) is 0 Å². The second-order valence-corrected chi connectivity index (χ2v) is 3.86. The van der Waals surface area contributed by atoms with Crippen LogP contribution in [0.25, 0.3) is 6.08 Å². The van der Waals surface area contributed by atoms with Crippen LogP contribution in [-0.2, 0) is 0 Å². The van der Waals surface area contributed by atoms with Crippen LogP contribution in [0.5, 0.6) is 0 Å². The van der Waals surface area contributed by atoms with E-state index in [1.165, 1.54) is 31.5 Å². The molecule has 2 rings (SSSR count). The molecule has 1 heterocycles. The minimum absolute atomic E-state index is 0.774. The maximum Gasteiger partial charge on any atom is -0.00433 e. The average Bonchev–Trinajstić information content (AvgIpc) is 2.29. The van der Waals surface area contributed by atoms with Gasteiger partial charge < -0.3 is 5.32 Å². The molecule has 0 radical (unpaired) electrons. The van der Waals surface area contributed by atoms with Gasteiger partial charge in [0.05, 0.1) is 0 Å². The van der Waals surface area contributed by atoms with Gasteiger partial charge >= 0.3 is 0 Å². The van der Waals surface area contributed by atoms with Gasteiger partial charge in [0.1, 0.15) is 0 Å². The summed E-state index contributed by atoms with van der Waals surface area (Å²) in [6, 6.07) is 10.5. The summed E-state index contributed by atoms with van der Waals surface area (Å²) >= 11 is 0. The summed E-state index contributed by atoms with van der Waals surface area (Å²) in [6.07, 6.45) is 7.17. The van der Waals surface area contributed by atoms with E-state index in [0.29, 0.717) is 0 Å². The lowest BCUT2D eigenvalue weighted by Crippen LogP contribution is -2.26. The van der Waals surface area contributed by atoms with Gasteiger partial charge in [-0.15, -0.1) is 0 Å². The molecule has 1 heteroatoms. The summed E-state index contributed by atoms with van der Waals surface area (Å²) in [4.78, 5) is 0. The van der Waals surface area contributed by atoms with E-state index >= 15 is 0 Å². The summed E-state index contributed by atoms with van der Waals surface area (Å²) in [5.41, 5.74) is 1.31. The van der Waals surface area contributed by atoms with E-state index < -0.39 is 0 Å². The molecule has 0 amide bonds.